The summed E-state index contributed by atoms with van der Waals surface area (Å²) in [7, 11) is 1.30. The van der Waals surface area contributed by atoms with E-state index in [0.29, 0.717) is 23.0 Å². The van der Waals surface area contributed by atoms with E-state index >= 15 is 0 Å². The number of nitrogens with zero attached hydrogens (tertiary/aromatic N) is 5. The molecule has 11 nitrogen and oxygen atoms in total. The molecule has 2 aliphatic rings. The van der Waals surface area contributed by atoms with Crippen LogP contribution in [0.1, 0.15) is 24.4 Å². The molecule has 0 spiro atoms. The number of hydrogen-bond acceptors (Lipinski definition) is 9. The third-order valence-corrected chi connectivity index (χ3v) is 8.64. The standard InChI is InChI=1S/C27H25Br2F2N5O6/c1-41-25-23(35-10-17(33-34-35)15-2-3-16(29)22(31)21(15)30)24(39)20(11-37)42-26(25)27(40)36(18-4-5-19(18)38)14-7-12(9-32)6-13(28)8-14/h2-3,6-8,10,18-20,23-26,37-39H,4-5,11H2,1H3/t18-,19-,20-,23+,24+,25-,26-/m1/s1. The van der Waals surface area contributed by atoms with E-state index < -0.39 is 66.8 Å². The molecular formula is C27H25Br2F2N5O6. The Morgan fingerprint density at radius 2 is 2.00 bits per heavy atom. The quantitative estimate of drug-likeness (QED) is 0.314. The van der Waals surface area contributed by atoms with E-state index in [-0.39, 0.29) is 21.3 Å². The zero-order chi connectivity index (χ0) is 30.3. The van der Waals surface area contributed by atoms with Crippen molar-refractivity contribution in [3.63, 3.8) is 0 Å². The van der Waals surface area contributed by atoms with Crippen LogP contribution in [0.2, 0.25) is 0 Å². The molecule has 0 radical (unpaired) electrons. The van der Waals surface area contributed by atoms with Crippen LogP contribution in [-0.2, 0) is 14.3 Å². The van der Waals surface area contributed by atoms with Gasteiger partial charge < -0.3 is 29.7 Å². The van der Waals surface area contributed by atoms with E-state index in [9.17, 15) is 34.2 Å². The maximum absolute atomic E-state index is 14.7. The lowest BCUT2D eigenvalue weighted by Crippen LogP contribution is -2.64. The Balaban J connectivity index is 1.54. The minimum Gasteiger partial charge on any atom is -0.394 e. The first-order valence-electron chi connectivity index (χ1n) is 12.8. The molecule has 1 aromatic heterocycles. The third-order valence-electron chi connectivity index (χ3n) is 7.57. The number of aliphatic hydroxyl groups is 3. The molecule has 15 heteroatoms. The van der Waals surface area contributed by atoms with Gasteiger partial charge in [0, 0.05) is 22.8 Å². The SMILES string of the molecule is CO[C@@H]1[C@@H](n2cc(-c3ccc(Br)c(F)c3F)nn2)[C@@H](O)[C@@H](CO)O[C@H]1C(=O)N(c1cc(Br)cc(C#N)c1)[C@@H]1CC[C@H]1O. The van der Waals surface area contributed by atoms with E-state index in [1.807, 2.05) is 6.07 Å². The molecule has 222 valence electrons. The van der Waals surface area contributed by atoms with Gasteiger partial charge >= 0.3 is 0 Å². The van der Waals surface area contributed by atoms with E-state index in [1.165, 1.54) is 36.4 Å². The number of carbonyl (C=O) groups excluding carboxylic acids is 1. The van der Waals surface area contributed by atoms with Crippen LogP contribution in [0.3, 0.4) is 0 Å². The molecule has 3 aromatic rings. The molecule has 1 amide bonds. The van der Waals surface area contributed by atoms with Gasteiger partial charge in [-0.15, -0.1) is 5.10 Å². The highest BCUT2D eigenvalue weighted by Gasteiger charge is 2.52. The molecule has 7 atom stereocenters. The van der Waals surface area contributed by atoms with Crippen LogP contribution in [0.4, 0.5) is 14.5 Å². The summed E-state index contributed by atoms with van der Waals surface area (Å²) in [4.78, 5) is 15.6. The van der Waals surface area contributed by atoms with Crippen molar-refractivity contribution < 1.29 is 38.4 Å². The maximum atomic E-state index is 14.7. The van der Waals surface area contributed by atoms with Gasteiger partial charge in [0.25, 0.3) is 5.91 Å². The number of rotatable bonds is 7. The first-order valence-corrected chi connectivity index (χ1v) is 14.4. The molecule has 5 rings (SSSR count). The van der Waals surface area contributed by atoms with Crippen molar-refractivity contribution in [1.29, 1.82) is 5.26 Å². The molecule has 3 N–H and O–H groups in total. The van der Waals surface area contributed by atoms with Crippen LogP contribution in [0, 0.1) is 23.0 Å². The lowest BCUT2D eigenvalue weighted by Gasteiger charge is -2.47. The summed E-state index contributed by atoms with van der Waals surface area (Å²) in [6.07, 6.45) is -3.98. The fourth-order valence-corrected chi connectivity index (χ4v) is 6.08. The van der Waals surface area contributed by atoms with Gasteiger partial charge in [-0.25, -0.2) is 13.5 Å². The fourth-order valence-electron chi connectivity index (χ4n) is 5.29. The van der Waals surface area contributed by atoms with Gasteiger partial charge in [0.2, 0.25) is 0 Å². The Morgan fingerprint density at radius 3 is 2.62 bits per heavy atom. The second-order valence-corrected chi connectivity index (χ2v) is 11.8. The van der Waals surface area contributed by atoms with Crippen molar-refractivity contribution in [3.05, 3.63) is 62.7 Å². The second kappa shape index (κ2) is 12.4. The molecule has 2 aromatic carbocycles. The van der Waals surface area contributed by atoms with Crippen LogP contribution < -0.4 is 4.90 Å². The summed E-state index contributed by atoms with van der Waals surface area (Å²) >= 11 is 6.29. The molecule has 2 heterocycles. The molecular weight excluding hydrogens is 688 g/mol. The van der Waals surface area contributed by atoms with Crippen LogP contribution >= 0.6 is 31.9 Å². The van der Waals surface area contributed by atoms with Crippen molar-refractivity contribution in [2.24, 2.45) is 0 Å². The number of anilines is 1. The van der Waals surface area contributed by atoms with E-state index in [0.717, 1.165) is 4.68 Å². The van der Waals surface area contributed by atoms with Gasteiger partial charge in [0.15, 0.2) is 17.7 Å². The smallest absolute Gasteiger partial charge is 0.259 e. The summed E-state index contributed by atoms with van der Waals surface area (Å²) in [5.41, 5.74) is 0.365. The van der Waals surface area contributed by atoms with Crippen LogP contribution in [-0.4, -0.2) is 86.5 Å². The number of methoxy groups -OCH3 is 1. The van der Waals surface area contributed by atoms with Gasteiger partial charge in [-0.2, -0.15) is 5.26 Å². The number of aliphatic hydroxyl groups excluding tert-OH is 3. The Kier molecular flexibility index (Phi) is 9.05. The van der Waals surface area contributed by atoms with Crippen molar-refractivity contribution >= 4 is 43.5 Å². The number of benzene rings is 2. The molecule has 42 heavy (non-hydrogen) atoms. The normalized spacial score (nSPS) is 27.3. The average molecular weight is 713 g/mol. The Morgan fingerprint density at radius 1 is 1.24 bits per heavy atom. The van der Waals surface area contributed by atoms with Gasteiger partial charge in [-0.1, -0.05) is 21.1 Å². The Labute approximate surface area is 255 Å². The molecule has 0 unspecified atom stereocenters. The number of hydrogen-bond donors (Lipinski definition) is 3. The highest BCUT2D eigenvalue weighted by atomic mass is 79.9. The molecule has 1 saturated heterocycles. The fraction of sp³-hybridized carbons (Fsp3) is 0.407. The van der Waals surface area contributed by atoms with Gasteiger partial charge in [-0.05, 0) is 59.1 Å². The maximum Gasteiger partial charge on any atom is 0.259 e. The average Bonchev–Trinajstić information content (AvgIpc) is 3.46. The second-order valence-electron chi connectivity index (χ2n) is 10.00. The van der Waals surface area contributed by atoms with Crippen LogP contribution in [0.25, 0.3) is 11.3 Å². The highest BCUT2D eigenvalue weighted by molar-refractivity contribution is 9.10. The first-order chi connectivity index (χ1) is 20.1. The van der Waals surface area contributed by atoms with E-state index in [1.54, 1.807) is 12.1 Å². The van der Waals surface area contributed by atoms with Gasteiger partial charge in [-0.3, -0.25) is 4.79 Å². The van der Waals surface area contributed by atoms with E-state index in [2.05, 4.69) is 42.2 Å². The first kappa shape index (κ1) is 30.6. The largest absolute Gasteiger partial charge is 0.394 e. The van der Waals surface area contributed by atoms with Crippen molar-refractivity contribution in [2.45, 2.75) is 55.4 Å². The zero-order valence-corrected chi connectivity index (χ0v) is 25.1. The van der Waals surface area contributed by atoms with Gasteiger partial charge in [0.05, 0.1) is 41.1 Å². The monoisotopic (exact) mass is 711 g/mol. The minimum absolute atomic E-state index is 0.0479. The summed E-state index contributed by atoms with van der Waals surface area (Å²) in [5, 5.41) is 49.2. The number of amides is 1. The summed E-state index contributed by atoms with van der Waals surface area (Å²) in [6.45, 7) is -0.673. The number of nitriles is 1. The Hall–Kier alpha value is -2.84. The molecule has 0 bridgehead atoms. The predicted molar refractivity (Wildman–Crippen MR) is 150 cm³/mol. The molecule has 1 aliphatic heterocycles. The van der Waals surface area contributed by atoms with E-state index in [4.69, 9.17) is 9.47 Å². The zero-order valence-electron chi connectivity index (χ0n) is 21.9. The van der Waals surface area contributed by atoms with Crippen LogP contribution in [0.15, 0.2) is 45.5 Å². The lowest BCUT2D eigenvalue weighted by molar-refractivity contribution is -0.211. The topological polar surface area (TPSA) is 154 Å². The summed E-state index contributed by atoms with van der Waals surface area (Å²) in [5.74, 6) is -2.92. The summed E-state index contributed by atoms with van der Waals surface area (Å²) in [6, 6.07) is 7.57. The number of aromatic nitrogens is 3. The minimum atomic E-state index is -1.45. The number of ether oxygens (including phenoxy) is 2. The lowest BCUT2D eigenvalue weighted by atomic mass is 9.85. The molecule has 2 fully saturated rings. The number of halogens is 4. The molecule has 1 aliphatic carbocycles. The number of carbonyl (C=O) groups is 1. The van der Waals surface area contributed by atoms with Crippen LogP contribution in [0.5, 0.6) is 0 Å². The third kappa shape index (κ3) is 5.48. The predicted octanol–water partition coefficient (Wildman–Crippen LogP) is 2.85. The highest BCUT2D eigenvalue weighted by Crippen LogP contribution is 2.38. The van der Waals surface area contributed by atoms with Crippen molar-refractivity contribution in [3.8, 4) is 17.3 Å². The Bertz CT molecular complexity index is 1540. The summed E-state index contributed by atoms with van der Waals surface area (Å²) < 4.78 is 42.1. The van der Waals surface area contributed by atoms with Crippen molar-refractivity contribution in [2.75, 3.05) is 18.6 Å². The van der Waals surface area contributed by atoms with Gasteiger partial charge in [0.1, 0.15) is 30.0 Å². The molecule has 1 saturated carbocycles. The van der Waals surface area contributed by atoms with Crippen molar-refractivity contribution in [1.82, 2.24) is 15.0 Å².